The van der Waals surface area contributed by atoms with Gasteiger partial charge in [-0.05, 0) is 18.6 Å². The van der Waals surface area contributed by atoms with E-state index in [2.05, 4.69) is 17.0 Å². The average molecular weight is 256 g/mol. The molecular weight excluding hydrogens is 238 g/mol. The number of anilines is 1. The summed E-state index contributed by atoms with van der Waals surface area (Å²) in [7, 11) is 1.97. The first kappa shape index (κ1) is 13.6. The maximum atomic E-state index is 8.78. The molecule has 94 valence electrons. The normalized spacial score (nSPS) is 11.6. The van der Waals surface area contributed by atoms with E-state index in [9.17, 15) is 0 Å². The number of amidine groups is 1. The Hall–Kier alpha value is -1.42. The molecule has 0 bridgehead atoms. The molecule has 5 heteroatoms. The standard InChI is InChI=1S/C12H18ClN3O/c1-3-4-8-16(2)10-7-5-6-9(13)11(10)12(14)15-17/h5-7,17H,3-4,8H2,1-2H3,(H2,14,15). The van der Waals surface area contributed by atoms with Crippen molar-refractivity contribution in [3.63, 3.8) is 0 Å². The van der Waals surface area contributed by atoms with Gasteiger partial charge in [0, 0.05) is 19.3 Å². The van der Waals surface area contributed by atoms with Crippen LogP contribution in [-0.4, -0.2) is 24.6 Å². The first-order chi connectivity index (χ1) is 8.11. The maximum Gasteiger partial charge on any atom is 0.173 e. The van der Waals surface area contributed by atoms with Crippen molar-refractivity contribution >= 4 is 23.1 Å². The molecule has 0 spiro atoms. The van der Waals surface area contributed by atoms with Gasteiger partial charge in [0.1, 0.15) is 0 Å². The highest BCUT2D eigenvalue weighted by Crippen LogP contribution is 2.26. The van der Waals surface area contributed by atoms with Crippen LogP contribution in [0.5, 0.6) is 0 Å². The second-order valence-electron chi connectivity index (χ2n) is 3.89. The summed E-state index contributed by atoms with van der Waals surface area (Å²) in [5.41, 5.74) is 7.11. The summed E-state index contributed by atoms with van der Waals surface area (Å²) >= 11 is 6.08. The molecule has 0 aromatic heterocycles. The summed E-state index contributed by atoms with van der Waals surface area (Å²) in [6.45, 7) is 3.04. The van der Waals surface area contributed by atoms with Crippen molar-refractivity contribution in [3.8, 4) is 0 Å². The molecule has 0 aliphatic heterocycles. The van der Waals surface area contributed by atoms with Gasteiger partial charge in [0.2, 0.25) is 0 Å². The number of nitrogens with zero attached hydrogens (tertiary/aromatic N) is 2. The van der Waals surface area contributed by atoms with E-state index in [0.717, 1.165) is 25.1 Å². The first-order valence-electron chi connectivity index (χ1n) is 5.59. The molecular formula is C12H18ClN3O. The van der Waals surface area contributed by atoms with Crippen LogP contribution < -0.4 is 10.6 Å². The highest BCUT2D eigenvalue weighted by Gasteiger charge is 2.14. The summed E-state index contributed by atoms with van der Waals surface area (Å²) in [6, 6.07) is 5.50. The zero-order valence-electron chi connectivity index (χ0n) is 10.2. The Balaban J connectivity index is 3.10. The minimum absolute atomic E-state index is 0.0361. The SMILES string of the molecule is CCCCN(C)c1cccc(Cl)c1C(N)=NO. The van der Waals surface area contributed by atoms with E-state index in [1.54, 1.807) is 6.07 Å². The van der Waals surface area contributed by atoms with Crippen LogP contribution in [0.2, 0.25) is 5.02 Å². The van der Waals surface area contributed by atoms with E-state index < -0.39 is 0 Å². The number of benzene rings is 1. The number of hydrogen-bond donors (Lipinski definition) is 2. The number of oxime groups is 1. The Kier molecular flexibility index (Phi) is 5.10. The molecule has 17 heavy (non-hydrogen) atoms. The fraction of sp³-hybridized carbons (Fsp3) is 0.417. The van der Waals surface area contributed by atoms with E-state index in [1.807, 2.05) is 19.2 Å². The Labute approximate surface area is 107 Å². The van der Waals surface area contributed by atoms with Gasteiger partial charge in [0.25, 0.3) is 0 Å². The molecule has 1 aromatic rings. The molecule has 4 nitrogen and oxygen atoms in total. The molecule has 3 N–H and O–H groups in total. The van der Waals surface area contributed by atoms with Gasteiger partial charge in [0.05, 0.1) is 10.6 Å². The van der Waals surface area contributed by atoms with Crippen LogP contribution in [-0.2, 0) is 0 Å². The van der Waals surface area contributed by atoms with E-state index >= 15 is 0 Å². The van der Waals surface area contributed by atoms with Gasteiger partial charge in [-0.3, -0.25) is 0 Å². The summed E-state index contributed by atoms with van der Waals surface area (Å²) in [5.74, 6) is 0.0361. The summed E-state index contributed by atoms with van der Waals surface area (Å²) in [6.07, 6.45) is 2.20. The molecule has 0 saturated heterocycles. The average Bonchev–Trinajstić information content (AvgIpc) is 2.34. The van der Waals surface area contributed by atoms with Crippen LogP contribution in [0.1, 0.15) is 25.3 Å². The lowest BCUT2D eigenvalue weighted by molar-refractivity contribution is 0.318. The molecule has 1 rings (SSSR count). The van der Waals surface area contributed by atoms with Gasteiger partial charge >= 0.3 is 0 Å². The number of halogens is 1. The van der Waals surface area contributed by atoms with Crippen molar-refractivity contribution in [2.45, 2.75) is 19.8 Å². The molecule has 0 radical (unpaired) electrons. The predicted octanol–water partition coefficient (Wildman–Crippen LogP) is 2.67. The quantitative estimate of drug-likeness (QED) is 0.368. The molecule has 0 atom stereocenters. The van der Waals surface area contributed by atoms with Crippen molar-refractivity contribution in [3.05, 3.63) is 28.8 Å². The van der Waals surface area contributed by atoms with Crippen LogP contribution in [0.4, 0.5) is 5.69 Å². The molecule has 0 heterocycles. The van der Waals surface area contributed by atoms with Gasteiger partial charge in [-0.1, -0.05) is 36.2 Å². The maximum absolute atomic E-state index is 8.78. The molecule has 0 saturated carbocycles. The lowest BCUT2D eigenvalue weighted by atomic mass is 10.1. The number of hydrogen-bond acceptors (Lipinski definition) is 3. The lowest BCUT2D eigenvalue weighted by Crippen LogP contribution is -2.24. The summed E-state index contributed by atoms with van der Waals surface area (Å²) < 4.78 is 0. The molecule has 0 fully saturated rings. The second kappa shape index (κ2) is 6.35. The third-order valence-corrected chi connectivity index (χ3v) is 2.93. The van der Waals surface area contributed by atoms with Crippen LogP contribution >= 0.6 is 11.6 Å². The summed E-state index contributed by atoms with van der Waals surface area (Å²) in [4.78, 5) is 2.06. The van der Waals surface area contributed by atoms with Gasteiger partial charge in [-0.2, -0.15) is 0 Å². The smallest absolute Gasteiger partial charge is 0.173 e. The Morgan fingerprint density at radius 2 is 2.24 bits per heavy atom. The third kappa shape index (κ3) is 3.27. The molecule has 0 aliphatic rings. The topological polar surface area (TPSA) is 61.8 Å². The fourth-order valence-corrected chi connectivity index (χ4v) is 1.92. The van der Waals surface area contributed by atoms with Gasteiger partial charge in [0.15, 0.2) is 5.84 Å². The molecule has 0 unspecified atom stereocenters. The zero-order chi connectivity index (χ0) is 12.8. The van der Waals surface area contributed by atoms with Crippen molar-refractivity contribution in [1.29, 1.82) is 0 Å². The largest absolute Gasteiger partial charge is 0.409 e. The van der Waals surface area contributed by atoms with Gasteiger partial charge in [-0.15, -0.1) is 0 Å². The van der Waals surface area contributed by atoms with E-state index in [-0.39, 0.29) is 5.84 Å². The summed E-state index contributed by atoms with van der Waals surface area (Å²) in [5, 5.41) is 12.3. The third-order valence-electron chi connectivity index (χ3n) is 2.61. The van der Waals surface area contributed by atoms with Crippen molar-refractivity contribution in [2.75, 3.05) is 18.5 Å². The second-order valence-corrected chi connectivity index (χ2v) is 4.30. The minimum atomic E-state index is 0.0361. The van der Waals surface area contributed by atoms with Crippen molar-refractivity contribution < 1.29 is 5.21 Å². The van der Waals surface area contributed by atoms with Crippen molar-refractivity contribution in [2.24, 2.45) is 10.9 Å². The molecule has 1 aromatic carbocycles. The Morgan fingerprint density at radius 3 is 2.82 bits per heavy atom. The van der Waals surface area contributed by atoms with Gasteiger partial charge in [-0.25, -0.2) is 0 Å². The van der Waals surface area contributed by atoms with E-state index in [0.29, 0.717) is 10.6 Å². The van der Waals surface area contributed by atoms with Crippen LogP contribution in [0.15, 0.2) is 23.4 Å². The lowest BCUT2D eigenvalue weighted by Gasteiger charge is -2.22. The highest BCUT2D eigenvalue weighted by atomic mass is 35.5. The van der Waals surface area contributed by atoms with E-state index in [1.165, 1.54) is 0 Å². The predicted molar refractivity (Wildman–Crippen MR) is 72.1 cm³/mol. The Bertz CT molecular complexity index is 407. The number of nitrogens with two attached hydrogens (primary N) is 1. The van der Waals surface area contributed by atoms with Crippen LogP contribution in [0.25, 0.3) is 0 Å². The van der Waals surface area contributed by atoms with E-state index in [4.69, 9.17) is 22.5 Å². The number of unbranched alkanes of at least 4 members (excludes halogenated alkanes) is 1. The highest BCUT2D eigenvalue weighted by molar-refractivity contribution is 6.34. The monoisotopic (exact) mass is 255 g/mol. The number of rotatable bonds is 5. The van der Waals surface area contributed by atoms with Crippen LogP contribution in [0.3, 0.4) is 0 Å². The van der Waals surface area contributed by atoms with Crippen LogP contribution in [0, 0.1) is 0 Å². The molecule has 0 amide bonds. The molecule has 0 aliphatic carbocycles. The first-order valence-corrected chi connectivity index (χ1v) is 5.97. The van der Waals surface area contributed by atoms with Crippen molar-refractivity contribution in [1.82, 2.24) is 0 Å². The Morgan fingerprint density at radius 1 is 1.53 bits per heavy atom. The minimum Gasteiger partial charge on any atom is -0.409 e. The zero-order valence-corrected chi connectivity index (χ0v) is 10.9. The fourth-order valence-electron chi connectivity index (χ4n) is 1.65. The van der Waals surface area contributed by atoms with Gasteiger partial charge < -0.3 is 15.8 Å².